The average Bonchev–Trinajstić information content (AvgIpc) is 3.15. The molecule has 3 N–H and O–H groups in total. The third kappa shape index (κ3) is 5.16. The van der Waals surface area contributed by atoms with E-state index >= 15 is 0 Å². The summed E-state index contributed by atoms with van der Waals surface area (Å²) in [6.07, 6.45) is 7.53. The van der Waals surface area contributed by atoms with Crippen molar-refractivity contribution >= 4 is 11.9 Å². The molecule has 1 aliphatic carbocycles. The second-order valence-corrected chi connectivity index (χ2v) is 7.74. The molecular weight excluding hydrogens is 358 g/mol. The van der Waals surface area contributed by atoms with E-state index in [0.717, 1.165) is 67.0 Å². The fourth-order valence-electron chi connectivity index (χ4n) is 4.45. The van der Waals surface area contributed by atoms with Gasteiger partial charge in [-0.3, -0.25) is 10.1 Å². The Morgan fingerprint density at radius 3 is 2.57 bits per heavy atom. The summed E-state index contributed by atoms with van der Waals surface area (Å²) in [5, 5.41) is 5.45. The molecule has 0 aromatic heterocycles. The number of ether oxygens (including phenoxy) is 2. The maximum Gasteiger partial charge on any atom is 0.321 e. The molecule has 7 nitrogen and oxygen atoms in total. The van der Waals surface area contributed by atoms with Gasteiger partial charge in [-0.05, 0) is 25.0 Å². The van der Waals surface area contributed by atoms with Gasteiger partial charge in [0, 0.05) is 24.9 Å². The highest BCUT2D eigenvalue weighted by Gasteiger charge is 2.34. The Morgan fingerprint density at radius 1 is 1.07 bits per heavy atom. The number of urea groups is 1. The number of carbonyl (C=O) groups is 2. The SMILES string of the molecule is COc1ccc([C@H]2CCC[NH+]2CC(=O)NC(=O)NC2CCCCC2)c(OC)c1. The minimum absolute atomic E-state index is 0.174. The molecular formula is C21H32N3O4+. The van der Waals surface area contributed by atoms with Crippen LogP contribution in [0, 0.1) is 0 Å². The number of hydrogen-bond acceptors (Lipinski definition) is 4. The Kier molecular flexibility index (Phi) is 7.14. The van der Waals surface area contributed by atoms with Crippen LogP contribution >= 0.6 is 0 Å². The predicted octanol–water partition coefficient (Wildman–Crippen LogP) is 1.58. The monoisotopic (exact) mass is 390 g/mol. The highest BCUT2D eigenvalue weighted by molar-refractivity contribution is 5.94. The van der Waals surface area contributed by atoms with E-state index in [1.807, 2.05) is 18.2 Å². The fraction of sp³-hybridized carbons (Fsp3) is 0.619. The molecule has 1 aliphatic heterocycles. The minimum Gasteiger partial charge on any atom is -0.497 e. The third-order valence-corrected chi connectivity index (χ3v) is 5.88. The number of imide groups is 1. The number of nitrogens with one attached hydrogen (secondary N) is 3. The summed E-state index contributed by atoms with van der Waals surface area (Å²) >= 11 is 0. The van der Waals surface area contributed by atoms with Crippen molar-refractivity contribution in [2.24, 2.45) is 0 Å². The van der Waals surface area contributed by atoms with Gasteiger partial charge in [-0.25, -0.2) is 4.79 Å². The number of likely N-dealkylation sites (tertiary alicyclic amines) is 1. The van der Waals surface area contributed by atoms with Gasteiger partial charge in [-0.1, -0.05) is 19.3 Å². The number of amides is 3. The van der Waals surface area contributed by atoms with E-state index < -0.39 is 0 Å². The van der Waals surface area contributed by atoms with Crippen LogP contribution in [0.15, 0.2) is 18.2 Å². The third-order valence-electron chi connectivity index (χ3n) is 5.88. The second kappa shape index (κ2) is 9.78. The molecule has 28 heavy (non-hydrogen) atoms. The predicted molar refractivity (Wildman–Crippen MR) is 106 cm³/mol. The van der Waals surface area contributed by atoms with Crippen LogP contribution in [0.2, 0.25) is 0 Å². The summed E-state index contributed by atoms with van der Waals surface area (Å²) in [6, 6.07) is 5.81. The van der Waals surface area contributed by atoms with Crippen LogP contribution < -0.4 is 25.0 Å². The summed E-state index contributed by atoms with van der Waals surface area (Å²) in [6.45, 7) is 1.18. The van der Waals surface area contributed by atoms with Crippen LogP contribution in [0.25, 0.3) is 0 Å². The van der Waals surface area contributed by atoms with Gasteiger partial charge >= 0.3 is 6.03 Å². The van der Waals surface area contributed by atoms with Crippen molar-refractivity contribution in [1.82, 2.24) is 10.6 Å². The number of carbonyl (C=O) groups excluding carboxylic acids is 2. The molecule has 2 atom stereocenters. The minimum atomic E-state index is -0.367. The van der Waals surface area contributed by atoms with Crippen LogP contribution in [-0.4, -0.2) is 45.3 Å². The van der Waals surface area contributed by atoms with Crippen molar-refractivity contribution < 1.29 is 24.0 Å². The number of rotatable bonds is 6. The highest BCUT2D eigenvalue weighted by Crippen LogP contribution is 2.31. The summed E-state index contributed by atoms with van der Waals surface area (Å²) in [5.74, 6) is 1.29. The van der Waals surface area contributed by atoms with E-state index in [0.29, 0.717) is 0 Å². The highest BCUT2D eigenvalue weighted by atomic mass is 16.5. The number of benzene rings is 1. The lowest BCUT2D eigenvalue weighted by Crippen LogP contribution is -3.11. The summed E-state index contributed by atoms with van der Waals surface area (Å²) in [7, 11) is 3.28. The largest absolute Gasteiger partial charge is 0.497 e. The molecule has 0 spiro atoms. The molecule has 1 unspecified atom stereocenters. The van der Waals surface area contributed by atoms with Gasteiger partial charge < -0.3 is 19.7 Å². The Hall–Kier alpha value is -2.28. The molecule has 1 heterocycles. The van der Waals surface area contributed by atoms with Crippen molar-refractivity contribution in [3.63, 3.8) is 0 Å². The van der Waals surface area contributed by atoms with Gasteiger partial charge in [0.2, 0.25) is 0 Å². The van der Waals surface area contributed by atoms with E-state index in [-0.39, 0.29) is 30.6 Å². The second-order valence-electron chi connectivity index (χ2n) is 7.74. The van der Waals surface area contributed by atoms with Crippen molar-refractivity contribution in [2.45, 2.75) is 57.0 Å². The quantitative estimate of drug-likeness (QED) is 0.689. The van der Waals surface area contributed by atoms with E-state index in [9.17, 15) is 9.59 Å². The van der Waals surface area contributed by atoms with Gasteiger partial charge in [0.15, 0.2) is 6.54 Å². The first-order valence-corrected chi connectivity index (χ1v) is 10.3. The molecule has 7 heteroatoms. The van der Waals surface area contributed by atoms with Crippen LogP contribution in [-0.2, 0) is 4.79 Å². The van der Waals surface area contributed by atoms with Gasteiger partial charge in [-0.2, -0.15) is 0 Å². The Bertz CT molecular complexity index is 688. The molecule has 154 valence electrons. The first-order valence-electron chi connectivity index (χ1n) is 10.3. The molecule has 3 rings (SSSR count). The van der Waals surface area contributed by atoms with Crippen molar-refractivity contribution in [2.75, 3.05) is 27.3 Å². The zero-order chi connectivity index (χ0) is 19.9. The Morgan fingerprint density at radius 2 is 1.86 bits per heavy atom. The molecule has 2 aliphatic rings. The van der Waals surface area contributed by atoms with Crippen LogP contribution in [0.5, 0.6) is 11.5 Å². The zero-order valence-corrected chi connectivity index (χ0v) is 16.9. The molecule has 1 aromatic carbocycles. The lowest BCUT2D eigenvalue weighted by molar-refractivity contribution is -0.910. The van der Waals surface area contributed by atoms with E-state index in [1.54, 1.807) is 14.2 Å². The van der Waals surface area contributed by atoms with Gasteiger partial charge in [0.25, 0.3) is 5.91 Å². The summed E-state index contributed by atoms with van der Waals surface area (Å²) in [4.78, 5) is 25.7. The van der Waals surface area contributed by atoms with Crippen LogP contribution in [0.3, 0.4) is 0 Å². The summed E-state index contributed by atoms with van der Waals surface area (Å²) in [5.41, 5.74) is 1.08. The Labute approximate surface area is 166 Å². The first-order chi connectivity index (χ1) is 13.6. The number of methoxy groups -OCH3 is 2. The lowest BCUT2D eigenvalue weighted by atomic mass is 9.96. The molecule has 0 radical (unpaired) electrons. The number of quaternary nitrogens is 1. The maximum atomic E-state index is 12.4. The fourth-order valence-corrected chi connectivity index (χ4v) is 4.45. The molecule has 0 bridgehead atoms. The normalized spacial score (nSPS) is 22.5. The van der Waals surface area contributed by atoms with Crippen molar-refractivity contribution in [3.05, 3.63) is 23.8 Å². The van der Waals surface area contributed by atoms with E-state index in [1.165, 1.54) is 6.42 Å². The van der Waals surface area contributed by atoms with Crippen LogP contribution in [0.4, 0.5) is 4.79 Å². The zero-order valence-electron chi connectivity index (χ0n) is 16.9. The van der Waals surface area contributed by atoms with Crippen LogP contribution in [0.1, 0.15) is 56.6 Å². The van der Waals surface area contributed by atoms with Crippen molar-refractivity contribution in [1.29, 1.82) is 0 Å². The van der Waals surface area contributed by atoms with Gasteiger partial charge in [0.05, 0.1) is 26.3 Å². The Balaban J connectivity index is 1.57. The van der Waals surface area contributed by atoms with Gasteiger partial charge in [-0.15, -0.1) is 0 Å². The van der Waals surface area contributed by atoms with Gasteiger partial charge in [0.1, 0.15) is 17.5 Å². The summed E-state index contributed by atoms with van der Waals surface area (Å²) < 4.78 is 10.8. The molecule has 1 aromatic rings. The average molecular weight is 391 g/mol. The first kappa shape index (κ1) is 20.5. The standard InChI is InChI=1S/C21H31N3O4/c1-27-16-10-11-17(19(13-16)28-2)18-9-6-12-24(18)14-20(25)23-21(26)22-15-7-4-3-5-8-15/h10-11,13,15,18H,3-9,12,14H2,1-2H3,(H2,22,23,25,26)/p+1/t18-/m1/s1. The smallest absolute Gasteiger partial charge is 0.321 e. The maximum absolute atomic E-state index is 12.4. The molecule has 1 saturated heterocycles. The molecule has 2 fully saturated rings. The molecule has 1 saturated carbocycles. The van der Waals surface area contributed by atoms with E-state index in [2.05, 4.69) is 10.6 Å². The lowest BCUT2D eigenvalue weighted by Gasteiger charge is -2.24. The number of hydrogen-bond donors (Lipinski definition) is 3. The molecule has 3 amide bonds. The topological polar surface area (TPSA) is 81.1 Å². The van der Waals surface area contributed by atoms with E-state index in [4.69, 9.17) is 9.47 Å². The van der Waals surface area contributed by atoms with Crippen molar-refractivity contribution in [3.8, 4) is 11.5 Å².